The molecule has 1 fully saturated rings. The average molecular weight is 350 g/mol. The lowest BCUT2D eigenvalue weighted by molar-refractivity contribution is -0.0606. The van der Waals surface area contributed by atoms with E-state index in [2.05, 4.69) is 39.8 Å². The van der Waals surface area contributed by atoms with Gasteiger partial charge in [-0.15, -0.1) is 0 Å². The van der Waals surface area contributed by atoms with Gasteiger partial charge in [-0.25, -0.2) is 0 Å². The second kappa shape index (κ2) is 6.98. The third-order valence-corrected chi connectivity index (χ3v) is 8.00. The molecule has 3 aliphatic rings. The molecular formula is C22H39NO2. The van der Waals surface area contributed by atoms with Gasteiger partial charge in [0.2, 0.25) is 0 Å². The first-order valence-electron chi connectivity index (χ1n) is 10.3. The zero-order valence-electron chi connectivity index (χ0n) is 17.0. The van der Waals surface area contributed by atoms with Crippen LogP contribution in [-0.2, 0) is 0 Å². The Morgan fingerprint density at radius 2 is 1.80 bits per heavy atom. The summed E-state index contributed by atoms with van der Waals surface area (Å²) in [6.07, 6.45) is 7.57. The second-order valence-corrected chi connectivity index (χ2v) is 10.2. The van der Waals surface area contributed by atoms with Gasteiger partial charge in [0.15, 0.2) is 0 Å². The lowest BCUT2D eigenvalue weighted by Crippen LogP contribution is -2.48. The Bertz CT molecular complexity index is 524. The van der Waals surface area contributed by atoms with Crippen LogP contribution in [0.5, 0.6) is 0 Å². The summed E-state index contributed by atoms with van der Waals surface area (Å²) in [5, 5.41) is 20.2. The number of hydrogen-bond donors (Lipinski definition) is 2. The minimum Gasteiger partial charge on any atom is -0.396 e. The van der Waals surface area contributed by atoms with Crippen molar-refractivity contribution in [1.82, 2.24) is 4.90 Å². The maximum atomic E-state index is 10.1. The molecule has 0 radical (unpaired) electrons. The van der Waals surface area contributed by atoms with Gasteiger partial charge in [-0.05, 0) is 87.6 Å². The summed E-state index contributed by atoms with van der Waals surface area (Å²) in [6, 6.07) is 0. The van der Waals surface area contributed by atoms with Crippen LogP contribution in [-0.4, -0.2) is 48.5 Å². The highest BCUT2D eigenvalue weighted by Crippen LogP contribution is 2.59. The zero-order chi connectivity index (χ0) is 18.4. The molecule has 3 heteroatoms. The monoisotopic (exact) mass is 349 g/mol. The summed E-state index contributed by atoms with van der Waals surface area (Å²) in [5.41, 5.74) is 4.03. The topological polar surface area (TPSA) is 43.7 Å². The number of hydrogen-bond acceptors (Lipinski definition) is 3. The Hall–Kier alpha value is -0.380. The molecule has 0 saturated heterocycles. The van der Waals surface area contributed by atoms with Crippen LogP contribution in [0, 0.1) is 28.6 Å². The number of allylic oxidation sites excluding steroid dienone is 1. The smallest absolute Gasteiger partial charge is 0.0544 e. The Morgan fingerprint density at radius 3 is 2.44 bits per heavy atom. The third-order valence-electron chi connectivity index (χ3n) is 8.00. The predicted octanol–water partition coefficient (Wildman–Crippen LogP) is 3.85. The first kappa shape index (κ1) is 19.4. The van der Waals surface area contributed by atoms with Crippen LogP contribution < -0.4 is 0 Å². The van der Waals surface area contributed by atoms with Crippen LogP contribution in [0.2, 0.25) is 0 Å². The van der Waals surface area contributed by atoms with Gasteiger partial charge in [0, 0.05) is 13.2 Å². The molecule has 2 N–H and O–H groups in total. The molecule has 0 aromatic carbocycles. The quantitative estimate of drug-likeness (QED) is 0.758. The minimum atomic E-state index is -0.221. The second-order valence-electron chi connectivity index (χ2n) is 10.2. The van der Waals surface area contributed by atoms with Gasteiger partial charge in [0.1, 0.15) is 0 Å². The Labute approximate surface area is 154 Å². The summed E-state index contributed by atoms with van der Waals surface area (Å²) < 4.78 is 0. The van der Waals surface area contributed by atoms with E-state index in [1.165, 1.54) is 25.7 Å². The van der Waals surface area contributed by atoms with E-state index in [1.807, 2.05) is 0 Å². The van der Waals surface area contributed by atoms with E-state index >= 15 is 0 Å². The average Bonchev–Trinajstić information content (AvgIpc) is 2.85. The number of aliphatic hydroxyl groups is 2. The fourth-order valence-corrected chi connectivity index (χ4v) is 6.42. The normalized spacial score (nSPS) is 41.3. The van der Waals surface area contributed by atoms with E-state index in [0.29, 0.717) is 17.3 Å². The van der Waals surface area contributed by atoms with Crippen molar-refractivity contribution in [3.05, 3.63) is 11.1 Å². The van der Waals surface area contributed by atoms with Crippen LogP contribution in [0.1, 0.15) is 65.7 Å². The molecule has 1 saturated carbocycles. The van der Waals surface area contributed by atoms with E-state index < -0.39 is 0 Å². The van der Waals surface area contributed by atoms with E-state index in [-0.39, 0.29) is 24.0 Å². The van der Waals surface area contributed by atoms with Crippen molar-refractivity contribution >= 4 is 0 Å². The number of aliphatic hydroxyl groups excluding tert-OH is 2. The van der Waals surface area contributed by atoms with Crippen LogP contribution in [0.4, 0.5) is 0 Å². The maximum Gasteiger partial charge on any atom is 0.0544 e. The highest BCUT2D eigenvalue weighted by Gasteiger charge is 2.51. The molecule has 3 aliphatic carbocycles. The predicted molar refractivity (Wildman–Crippen MR) is 103 cm³/mol. The van der Waals surface area contributed by atoms with Crippen LogP contribution in [0.15, 0.2) is 11.1 Å². The molecule has 3 rings (SSSR count). The van der Waals surface area contributed by atoms with Crippen LogP contribution in [0.3, 0.4) is 0 Å². The maximum absolute atomic E-state index is 10.1. The van der Waals surface area contributed by atoms with Gasteiger partial charge >= 0.3 is 0 Å². The summed E-state index contributed by atoms with van der Waals surface area (Å²) in [6.45, 7) is 8.61. The third kappa shape index (κ3) is 3.44. The summed E-state index contributed by atoms with van der Waals surface area (Å²) in [4.78, 5) is 2.36. The van der Waals surface area contributed by atoms with E-state index in [4.69, 9.17) is 0 Å². The Balaban J connectivity index is 1.95. The van der Waals surface area contributed by atoms with Crippen molar-refractivity contribution in [2.45, 2.75) is 71.8 Å². The largest absolute Gasteiger partial charge is 0.396 e. The molecular weight excluding hydrogens is 310 g/mol. The van der Waals surface area contributed by atoms with Crippen molar-refractivity contribution < 1.29 is 10.2 Å². The molecule has 0 aromatic heterocycles. The SMILES string of the molecule is CN(C)C[C@H]1C2=C(CC[C@@H]1[C@@]1(C)CC[C@H](O)C[C@@H]1CO)C(C)(C)CC2. The molecule has 0 unspecified atom stereocenters. The van der Waals surface area contributed by atoms with Crippen LogP contribution >= 0.6 is 0 Å². The Kier molecular flexibility index (Phi) is 5.41. The highest BCUT2D eigenvalue weighted by molar-refractivity contribution is 5.32. The van der Waals surface area contributed by atoms with Gasteiger partial charge in [-0.1, -0.05) is 31.9 Å². The van der Waals surface area contributed by atoms with Gasteiger partial charge in [-0.3, -0.25) is 0 Å². The highest BCUT2D eigenvalue weighted by atomic mass is 16.3. The molecule has 0 aromatic rings. The summed E-state index contributed by atoms with van der Waals surface area (Å²) >= 11 is 0. The van der Waals surface area contributed by atoms with Crippen molar-refractivity contribution in [2.75, 3.05) is 27.2 Å². The molecule has 144 valence electrons. The molecule has 0 bridgehead atoms. The molecule has 5 atom stereocenters. The van der Waals surface area contributed by atoms with Gasteiger partial charge in [-0.2, -0.15) is 0 Å². The molecule has 3 nitrogen and oxygen atoms in total. The fraction of sp³-hybridized carbons (Fsp3) is 0.909. The van der Waals surface area contributed by atoms with Crippen molar-refractivity contribution in [2.24, 2.45) is 28.6 Å². The molecule has 0 heterocycles. The van der Waals surface area contributed by atoms with Crippen molar-refractivity contribution in [3.8, 4) is 0 Å². The summed E-state index contributed by atoms with van der Waals surface area (Å²) in [7, 11) is 4.39. The van der Waals surface area contributed by atoms with Crippen molar-refractivity contribution in [3.63, 3.8) is 0 Å². The minimum absolute atomic E-state index is 0.153. The lowest BCUT2D eigenvalue weighted by atomic mass is 9.53. The number of nitrogens with zero attached hydrogens (tertiary/aromatic N) is 1. The Morgan fingerprint density at radius 1 is 1.08 bits per heavy atom. The first-order valence-corrected chi connectivity index (χ1v) is 10.3. The number of rotatable bonds is 4. The van der Waals surface area contributed by atoms with E-state index in [1.54, 1.807) is 11.1 Å². The molecule has 0 spiro atoms. The van der Waals surface area contributed by atoms with Gasteiger partial charge < -0.3 is 15.1 Å². The van der Waals surface area contributed by atoms with Gasteiger partial charge in [0.25, 0.3) is 0 Å². The van der Waals surface area contributed by atoms with Crippen LogP contribution in [0.25, 0.3) is 0 Å². The van der Waals surface area contributed by atoms with Gasteiger partial charge in [0.05, 0.1) is 6.10 Å². The fourth-order valence-electron chi connectivity index (χ4n) is 6.42. The standard InChI is InChI=1S/C22H39NO2/c1-21(2)10-9-17-18(13-23(4)5)20(7-6-19(17)21)22(3)11-8-16(25)12-15(22)14-24/h15-16,18,20,24-25H,6-14H2,1-5H3/t15-,16+,18+,20+,22+/m1/s1. The molecule has 25 heavy (non-hydrogen) atoms. The molecule has 0 amide bonds. The zero-order valence-corrected chi connectivity index (χ0v) is 17.0. The van der Waals surface area contributed by atoms with Crippen molar-refractivity contribution in [1.29, 1.82) is 0 Å². The van der Waals surface area contributed by atoms with E-state index in [0.717, 1.165) is 25.8 Å². The lowest BCUT2D eigenvalue weighted by Gasteiger charge is -2.53. The molecule has 0 aliphatic heterocycles. The van der Waals surface area contributed by atoms with E-state index in [9.17, 15) is 10.2 Å². The first-order chi connectivity index (χ1) is 11.7. The summed E-state index contributed by atoms with van der Waals surface area (Å²) in [5.74, 6) is 1.49.